The van der Waals surface area contributed by atoms with E-state index in [0.717, 1.165) is 64.6 Å². The first kappa shape index (κ1) is 37.7. The van der Waals surface area contributed by atoms with Crippen molar-refractivity contribution in [1.29, 1.82) is 0 Å². The van der Waals surface area contributed by atoms with Crippen LogP contribution in [0.15, 0.2) is 255 Å². The third-order valence-electron chi connectivity index (χ3n) is 10.3. The molecule has 0 saturated heterocycles. The molecule has 0 N–H and O–H groups in total. The molecule has 0 radical (unpaired) electrons. The Labute approximate surface area is 354 Å². The number of anilines is 9. The molecule has 3 nitrogen and oxygen atoms in total. The molecule has 0 aliphatic heterocycles. The predicted molar refractivity (Wildman–Crippen MR) is 254 cm³/mol. The maximum absolute atomic E-state index is 8.33. The van der Waals surface area contributed by atoms with Crippen molar-refractivity contribution in [1.82, 2.24) is 0 Å². The van der Waals surface area contributed by atoms with Gasteiger partial charge in [-0.3, -0.25) is 0 Å². The van der Waals surface area contributed by atoms with E-state index in [-0.39, 0.29) is 0 Å². The van der Waals surface area contributed by atoms with Crippen molar-refractivity contribution < 1.29 is 0 Å². The van der Waals surface area contributed by atoms with Crippen molar-refractivity contribution in [2.45, 2.75) is 0 Å². The summed E-state index contributed by atoms with van der Waals surface area (Å²) >= 11 is -3.37. The molecule has 9 rings (SSSR count). The van der Waals surface area contributed by atoms with Crippen molar-refractivity contribution in [2.24, 2.45) is 0 Å². The molecule has 9 aromatic carbocycles. The number of hydrogen-bond acceptors (Lipinski definition) is 3. The Morgan fingerprint density at radius 3 is 0.525 bits per heavy atom. The van der Waals surface area contributed by atoms with Crippen LogP contribution >= 0.6 is 10.1 Å². The van der Waals surface area contributed by atoms with Crippen LogP contribution in [0.3, 0.4) is 0 Å². The third kappa shape index (κ3) is 7.90. The van der Waals surface area contributed by atoms with Gasteiger partial charge >= 0.3 is 356 Å². The van der Waals surface area contributed by atoms with E-state index in [2.05, 4.69) is 269 Å². The number of hydrogen-bond donors (Lipinski definition) is 0. The monoisotopic (exact) mass is 847 g/mol. The Hall–Kier alpha value is -6.81. The number of para-hydroxylation sites is 6. The van der Waals surface area contributed by atoms with E-state index in [1.807, 2.05) is 0 Å². The first-order valence-electron chi connectivity index (χ1n) is 19.7. The molecule has 0 amide bonds. The number of halogens is 1. The van der Waals surface area contributed by atoms with Crippen LogP contribution in [0.5, 0.6) is 0 Å². The molecule has 0 aromatic heterocycles. The van der Waals surface area contributed by atoms with Crippen LogP contribution in [-0.2, 0) is 0 Å². The van der Waals surface area contributed by atoms with Crippen LogP contribution < -0.4 is 28.1 Å². The molecule has 5 heteroatoms. The Balaban J connectivity index is 1.15. The SMILES string of the molecule is Cl[Se](c1ccc(N(c2ccccc2)c2ccccc2)cc1)(c1ccc(N(c2ccccc2)c2ccccc2)cc1)c1ccc(N(c2ccccc2)c2ccccc2)cc1. The second kappa shape index (κ2) is 17.4. The van der Waals surface area contributed by atoms with Gasteiger partial charge in [0.25, 0.3) is 0 Å². The summed E-state index contributed by atoms with van der Waals surface area (Å²) in [5.74, 6) is 0. The van der Waals surface area contributed by atoms with Gasteiger partial charge in [-0.2, -0.15) is 0 Å². The van der Waals surface area contributed by atoms with Gasteiger partial charge in [-0.05, 0) is 0 Å². The molecule has 0 saturated carbocycles. The molecule has 0 aliphatic rings. The zero-order valence-corrected chi connectivity index (χ0v) is 34.8. The molecule has 0 atom stereocenters. The molecule has 286 valence electrons. The van der Waals surface area contributed by atoms with Gasteiger partial charge in [-0.15, -0.1) is 0 Å². The van der Waals surface area contributed by atoms with E-state index >= 15 is 0 Å². The van der Waals surface area contributed by atoms with E-state index in [9.17, 15) is 0 Å². The minimum atomic E-state index is -3.37. The van der Waals surface area contributed by atoms with Crippen LogP contribution in [0.2, 0.25) is 0 Å². The van der Waals surface area contributed by atoms with Gasteiger partial charge in [0, 0.05) is 0 Å². The van der Waals surface area contributed by atoms with Crippen LogP contribution in [0.1, 0.15) is 0 Å². The van der Waals surface area contributed by atoms with Gasteiger partial charge in [0.2, 0.25) is 0 Å². The second-order valence-corrected chi connectivity index (χ2v) is 21.7. The molecule has 0 heterocycles. The summed E-state index contributed by atoms with van der Waals surface area (Å²) in [6, 6.07) is 89.8. The van der Waals surface area contributed by atoms with E-state index < -0.39 is 11.9 Å². The van der Waals surface area contributed by atoms with Gasteiger partial charge in [0.05, 0.1) is 0 Å². The Morgan fingerprint density at radius 1 is 0.203 bits per heavy atom. The average Bonchev–Trinajstić information content (AvgIpc) is 3.32. The van der Waals surface area contributed by atoms with Crippen LogP contribution in [-0.4, -0.2) is 11.9 Å². The fourth-order valence-corrected chi connectivity index (χ4v) is 14.1. The molecule has 0 aliphatic carbocycles. The van der Waals surface area contributed by atoms with Gasteiger partial charge in [0.1, 0.15) is 0 Å². The second-order valence-electron chi connectivity index (χ2n) is 14.0. The van der Waals surface area contributed by atoms with Crippen molar-refractivity contribution in [2.75, 3.05) is 14.7 Å². The van der Waals surface area contributed by atoms with E-state index in [0.29, 0.717) is 0 Å². The summed E-state index contributed by atoms with van der Waals surface area (Å²) < 4.78 is 3.37. The summed E-state index contributed by atoms with van der Waals surface area (Å²) in [7, 11) is 8.33. The van der Waals surface area contributed by atoms with E-state index in [1.165, 1.54) is 0 Å². The zero-order chi connectivity index (χ0) is 39.9. The minimum absolute atomic E-state index is 1.07. The number of benzene rings is 9. The molecule has 0 fully saturated rings. The summed E-state index contributed by atoms with van der Waals surface area (Å²) in [6.45, 7) is 0. The van der Waals surface area contributed by atoms with E-state index in [4.69, 9.17) is 10.1 Å². The first-order chi connectivity index (χ1) is 29.2. The summed E-state index contributed by atoms with van der Waals surface area (Å²) in [5, 5.41) is 0. The van der Waals surface area contributed by atoms with Crippen LogP contribution in [0, 0.1) is 0 Å². The summed E-state index contributed by atoms with van der Waals surface area (Å²) in [6.07, 6.45) is 0. The Bertz CT molecular complexity index is 2260. The quantitative estimate of drug-likeness (QED) is 0.113. The maximum atomic E-state index is 8.33. The zero-order valence-electron chi connectivity index (χ0n) is 32.4. The first-order valence-corrected chi connectivity index (χ1v) is 24.5. The number of nitrogens with zero attached hydrogens (tertiary/aromatic N) is 3. The normalized spacial score (nSPS) is 11.4. The molecular weight excluding hydrogens is 805 g/mol. The Kier molecular flexibility index (Phi) is 11.1. The standard InChI is InChI=1S/C54H42ClN3Se/c55-59(52-37-31-49(32-38-52)56(43-19-7-1-8-20-43)44-21-9-2-10-22-44,53-39-33-50(34-40-53)57(45-23-11-3-12-24-45)46-25-13-4-14-26-46)54-41-35-51(36-42-54)58(47-27-15-5-16-28-47)48-29-17-6-18-30-48/h1-42H. The average molecular weight is 847 g/mol. The number of rotatable bonds is 12. The van der Waals surface area contributed by atoms with E-state index in [1.54, 1.807) is 0 Å². The molecule has 0 unspecified atom stereocenters. The molecular formula is C54H42ClN3Se. The summed E-state index contributed by atoms with van der Waals surface area (Å²) in [5.41, 5.74) is 9.76. The summed E-state index contributed by atoms with van der Waals surface area (Å²) in [4.78, 5) is 6.86. The predicted octanol–water partition coefficient (Wildman–Crippen LogP) is 13.3. The fraction of sp³-hybridized carbons (Fsp3) is 0. The van der Waals surface area contributed by atoms with Crippen molar-refractivity contribution >= 4 is 86.6 Å². The van der Waals surface area contributed by atoms with Gasteiger partial charge in [-0.25, -0.2) is 0 Å². The van der Waals surface area contributed by atoms with Gasteiger partial charge in [-0.1, -0.05) is 0 Å². The van der Waals surface area contributed by atoms with Crippen molar-refractivity contribution in [3.05, 3.63) is 255 Å². The molecule has 0 bridgehead atoms. The fourth-order valence-electron chi connectivity index (χ4n) is 7.56. The Morgan fingerprint density at radius 2 is 0.356 bits per heavy atom. The van der Waals surface area contributed by atoms with Crippen LogP contribution in [0.25, 0.3) is 0 Å². The third-order valence-corrected chi connectivity index (χ3v) is 18.9. The molecule has 59 heavy (non-hydrogen) atoms. The van der Waals surface area contributed by atoms with Crippen molar-refractivity contribution in [3.63, 3.8) is 0 Å². The molecule has 0 spiro atoms. The molecule has 9 aromatic rings. The van der Waals surface area contributed by atoms with Gasteiger partial charge < -0.3 is 0 Å². The van der Waals surface area contributed by atoms with Gasteiger partial charge in [0.15, 0.2) is 0 Å². The topological polar surface area (TPSA) is 9.72 Å². The van der Waals surface area contributed by atoms with Crippen LogP contribution in [0.4, 0.5) is 51.2 Å². The van der Waals surface area contributed by atoms with Crippen molar-refractivity contribution in [3.8, 4) is 0 Å².